The fraction of sp³-hybridized carbons (Fsp3) is 0.417. The zero-order chi connectivity index (χ0) is 13.5. The van der Waals surface area contributed by atoms with Crippen LogP contribution in [0.2, 0.25) is 0 Å². The van der Waals surface area contributed by atoms with E-state index in [2.05, 4.69) is 15.4 Å². The van der Waals surface area contributed by atoms with Gasteiger partial charge >= 0.3 is 0 Å². The SMILES string of the molecule is N#CCC(=O)N/N=C/c1ccc(N2CCOCC2)o1. The molecule has 0 aliphatic carbocycles. The Kier molecular flexibility index (Phi) is 4.53. The van der Waals surface area contributed by atoms with Gasteiger partial charge in [0.2, 0.25) is 0 Å². The lowest BCUT2D eigenvalue weighted by Crippen LogP contribution is -2.35. The summed E-state index contributed by atoms with van der Waals surface area (Å²) in [7, 11) is 0. The second kappa shape index (κ2) is 6.56. The van der Waals surface area contributed by atoms with Crippen molar-refractivity contribution in [3.8, 4) is 6.07 Å². The van der Waals surface area contributed by atoms with Crippen LogP contribution in [0.1, 0.15) is 12.2 Å². The third-order valence-electron chi connectivity index (χ3n) is 2.56. The molecule has 1 aliphatic rings. The molecule has 1 aliphatic heterocycles. The third-order valence-corrected chi connectivity index (χ3v) is 2.56. The highest BCUT2D eigenvalue weighted by molar-refractivity contribution is 5.81. The first-order valence-corrected chi connectivity index (χ1v) is 5.91. The molecule has 1 fully saturated rings. The Morgan fingerprint density at radius 3 is 3.05 bits per heavy atom. The maximum atomic E-state index is 11.0. The molecule has 0 saturated carbocycles. The van der Waals surface area contributed by atoms with E-state index in [9.17, 15) is 4.79 Å². The molecule has 0 atom stereocenters. The lowest BCUT2D eigenvalue weighted by atomic mass is 10.4. The van der Waals surface area contributed by atoms with Crippen molar-refractivity contribution in [1.82, 2.24) is 5.43 Å². The van der Waals surface area contributed by atoms with Crippen LogP contribution in [0, 0.1) is 11.3 Å². The van der Waals surface area contributed by atoms with E-state index in [0.29, 0.717) is 19.0 Å². The molecule has 0 unspecified atom stereocenters. The topological polar surface area (TPSA) is 90.9 Å². The van der Waals surface area contributed by atoms with Crippen LogP contribution in [-0.4, -0.2) is 38.4 Å². The standard InChI is InChI=1S/C12H14N4O3/c13-4-3-11(17)15-14-9-10-1-2-12(19-10)16-5-7-18-8-6-16/h1-2,9H,3,5-8H2,(H,15,17)/b14-9+. The number of nitrogens with zero attached hydrogens (tertiary/aromatic N) is 3. The molecule has 1 saturated heterocycles. The largest absolute Gasteiger partial charge is 0.440 e. The molecule has 1 aromatic heterocycles. The summed E-state index contributed by atoms with van der Waals surface area (Å²) >= 11 is 0. The highest BCUT2D eigenvalue weighted by Crippen LogP contribution is 2.18. The van der Waals surface area contributed by atoms with Gasteiger partial charge in [-0.15, -0.1) is 0 Å². The lowest BCUT2D eigenvalue weighted by Gasteiger charge is -2.26. The summed E-state index contributed by atoms with van der Waals surface area (Å²) < 4.78 is 10.8. The van der Waals surface area contributed by atoms with Gasteiger partial charge in [-0.1, -0.05) is 0 Å². The van der Waals surface area contributed by atoms with Gasteiger partial charge in [0.05, 0.1) is 25.5 Å². The average molecular weight is 262 g/mol. The fourth-order valence-electron chi connectivity index (χ4n) is 1.64. The number of hydrogen-bond donors (Lipinski definition) is 1. The van der Waals surface area contributed by atoms with Gasteiger partial charge in [0.25, 0.3) is 5.91 Å². The molecule has 1 N–H and O–H groups in total. The number of nitrogens with one attached hydrogen (secondary N) is 1. The van der Waals surface area contributed by atoms with Gasteiger partial charge in [-0.05, 0) is 6.07 Å². The number of rotatable bonds is 4. The summed E-state index contributed by atoms with van der Waals surface area (Å²) in [6, 6.07) is 5.35. The van der Waals surface area contributed by atoms with Crippen molar-refractivity contribution in [2.45, 2.75) is 6.42 Å². The second-order valence-electron chi connectivity index (χ2n) is 3.90. The van der Waals surface area contributed by atoms with Gasteiger partial charge in [-0.25, -0.2) is 5.43 Å². The third kappa shape index (κ3) is 3.82. The van der Waals surface area contributed by atoms with E-state index in [-0.39, 0.29) is 6.42 Å². The number of furan rings is 1. The van der Waals surface area contributed by atoms with Crippen LogP contribution in [-0.2, 0) is 9.53 Å². The Hall–Kier alpha value is -2.33. The quantitative estimate of drug-likeness (QED) is 0.629. The zero-order valence-electron chi connectivity index (χ0n) is 10.3. The van der Waals surface area contributed by atoms with Crippen molar-refractivity contribution in [1.29, 1.82) is 5.26 Å². The van der Waals surface area contributed by atoms with Gasteiger partial charge < -0.3 is 14.1 Å². The van der Waals surface area contributed by atoms with Gasteiger partial charge in [0.1, 0.15) is 12.2 Å². The number of carbonyl (C=O) groups is 1. The summed E-state index contributed by atoms with van der Waals surface area (Å²) in [5.74, 6) is 0.852. The molecule has 2 heterocycles. The van der Waals surface area contributed by atoms with E-state index in [1.807, 2.05) is 6.07 Å². The minimum Gasteiger partial charge on any atom is -0.440 e. The number of anilines is 1. The van der Waals surface area contributed by atoms with Crippen molar-refractivity contribution in [3.05, 3.63) is 17.9 Å². The summed E-state index contributed by atoms with van der Waals surface area (Å²) in [5.41, 5.74) is 2.24. The highest BCUT2D eigenvalue weighted by Gasteiger charge is 2.14. The molecule has 0 spiro atoms. The number of carbonyl (C=O) groups excluding carboxylic acids is 1. The number of ether oxygens (including phenoxy) is 1. The van der Waals surface area contributed by atoms with E-state index in [1.54, 1.807) is 12.1 Å². The smallest absolute Gasteiger partial charge is 0.254 e. The Labute approximate surface area is 110 Å². The molecule has 19 heavy (non-hydrogen) atoms. The molecule has 0 radical (unpaired) electrons. The van der Waals surface area contributed by atoms with Gasteiger partial charge in [0, 0.05) is 19.2 Å². The van der Waals surface area contributed by atoms with E-state index in [0.717, 1.165) is 19.0 Å². The predicted octanol–water partition coefficient (Wildman–Crippen LogP) is 0.480. The highest BCUT2D eigenvalue weighted by atomic mass is 16.5. The zero-order valence-corrected chi connectivity index (χ0v) is 10.3. The molecule has 0 bridgehead atoms. The number of hydrogen-bond acceptors (Lipinski definition) is 6. The number of morpholine rings is 1. The number of nitriles is 1. The molecule has 7 heteroatoms. The first kappa shape index (κ1) is 13.1. The molecule has 100 valence electrons. The summed E-state index contributed by atoms with van der Waals surface area (Å²) in [4.78, 5) is 13.1. The van der Waals surface area contributed by atoms with Crippen LogP contribution in [0.4, 0.5) is 5.88 Å². The minimum atomic E-state index is -0.446. The first-order chi connectivity index (χ1) is 9.29. The Morgan fingerprint density at radius 1 is 1.53 bits per heavy atom. The lowest BCUT2D eigenvalue weighted by molar-refractivity contribution is -0.120. The fourth-order valence-corrected chi connectivity index (χ4v) is 1.64. The van der Waals surface area contributed by atoms with Crippen LogP contribution in [0.3, 0.4) is 0 Å². The summed E-state index contributed by atoms with van der Waals surface area (Å²) in [6.45, 7) is 2.97. The Balaban J connectivity index is 1.88. The molecule has 7 nitrogen and oxygen atoms in total. The Bertz CT molecular complexity index is 497. The van der Waals surface area contributed by atoms with Crippen LogP contribution in [0.25, 0.3) is 0 Å². The van der Waals surface area contributed by atoms with E-state index >= 15 is 0 Å². The van der Waals surface area contributed by atoms with Gasteiger partial charge in [-0.3, -0.25) is 4.79 Å². The molecule has 1 aromatic rings. The Morgan fingerprint density at radius 2 is 2.32 bits per heavy atom. The van der Waals surface area contributed by atoms with Crippen molar-refractivity contribution < 1.29 is 13.9 Å². The van der Waals surface area contributed by atoms with Crippen LogP contribution < -0.4 is 10.3 Å². The number of hydrazone groups is 1. The molecular formula is C12H14N4O3. The van der Waals surface area contributed by atoms with E-state index < -0.39 is 5.91 Å². The van der Waals surface area contributed by atoms with Crippen LogP contribution in [0.5, 0.6) is 0 Å². The van der Waals surface area contributed by atoms with E-state index in [4.69, 9.17) is 14.4 Å². The van der Waals surface area contributed by atoms with Crippen LogP contribution >= 0.6 is 0 Å². The summed E-state index contributed by atoms with van der Waals surface area (Å²) in [5, 5.41) is 12.0. The van der Waals surface area contributed by atoms with Crippen molar-refractivity contribution in [2.24, 2.45) is 5.10 Å². The molecule has 0 aromatic carbocycles. The average Bonchev–Trinajstić information content (AvgIpc) is 2.89. The van der Waals surface area contributed by atoms with Crippen molar-refractivity contribution in [3.63, 3.8) is 0 Å². The normalized spacial score (nSPS) is 15.4. The van der Waals surface area contributed by atoms with Gasteiger partial charge in [0.15, 0.2) is 5.88 Å². The van der Waals surface area contributed by atoms with Gasteiger partial charge in [-0.2, -0.15) is 10.4 Å². The molecular weight excluding hydrogens is 248 g/mol. The minimum absolute atomic E-state index is 0.214. The maximum Gasteiger partial charge on any atom is 0.254 e. The monoisotopic (exact) mass is 262 g/mol. The maximum absolute atomic E-state index is 11.0. The predicted molar refractivity (Wildman–Crippen MR) is 67.7 cm³/mol. The van der Waals surface area contributed by atoms with Crippen molar-refractivity contribution >= 4 is 18.0 Å². The number of amides is 1. The first-order valence-electron chi connectivity index (χ1n) is 5.91. The van der Waals surface area contributed by atoms with E-state index in [1.165, 1.54) is 6.21 Å². The summed E-state index contributed by atoms with van der Waals surface area (Å²) in [6.07, 6.45) is 1.19. The van der Waals surface area contributed by atoms with Crippen molar-refractivity contribution in [2.75, 3.05) is 31.2 Å². The second-order valence-corrected chi connectivity index (χ2v) is 3.90. The van der Waals surface area contributed by atoms with Crippen LogP contribution in [0.15, 0.2) is 21.7 Å². The molecule has 2 rings (SSSR count). The molecule has 1 amide bonds.